The summed E-state index contributed by atoms with van der Waals surface area (Å²) in [5.74, 6) is 0.475. The third kappa shape index (κ3) is 3.98. The van der Waals surface area contributed by atoms with Crippen molar-refractivity contribution in [3.8, 4) is 0 Å². The number of aromatic amines is 1. The fraction of sp³-hybridized carbons (Fsp3) is 0.550. The number of hydrogen-bond acceptors (Lipinski definition) is 4. The number of thiocarbonyl (C=S) groups is 1. The van der Waals surface area contributed by atoms with E-state index in [2.05, 4.69) is 44.9 Å². The summed E-state index contributed by atoms with van der Waals surface area (Å²) < 4.78 is 0. The molecule has 2 atom stereocenters. The molecule has 1 unspecified atom stereocenters. The first-order valence-electron chi connectivity index (χ1n) is 10.1. The van der Waals surface area contributed by atoms with Crippen LogP contribution in [-0.4, -0.2) is 57.8 Å². The van der Waals surface area contributed by atoms with E-state index in [1.807, 2.05) is 18.2 Å². The first kappa shape index (κ1) is 19.1. The molecule has 5 rings (SSSR count). The number of H-pyrrole nitrogens is 1. The third-order valence-electron chi connectivity index (χ3n) is 6.00. The lowest BCUT2D eigenvalue weighted by Crippen LogP contribution is -2.57. The van der Waals surface area contributed by atoms with Crippen LogP contribution in [0.2, 0.25) is 0 Å². The average Bonchev–Trinajstić information content (AvgIpc) is 3.12. The molecule has 1 aromatic heterocycles. The summed E-state index contributed by atoms with van der Waals surface area (Å²) in [6.45, 7) is 7.45. The van der Waals surface area contributed by atoms with Gasteiger partial charge in [0, 0.05) is 29.7 Å². The van der Waals surface area contributed by atoms with Gasteiger partial charge in [0.15, 0.2) is 10.8 Å². The second kappa shape index (κ2) is 8.05. The number of benzene rings is 1. The molecule has 2 bridgehead atoms. The van der Waals surface area contributed by atoms with Crippen LogP contribution in [0.5, 0.6) is 0 Å². The lowest BCUT2D eigenvalue weighted by Gasteiger charge is -2.44. The fourth-order valence-electron chi connectivity index (χ4n) is 4.12. The zero-order valence-electron chi connectivity index (χ0n) is 16.4. The quantitative estimate of drug-likeness (QED) is 0.577. The number of aromatic nitrogens is 2. The van der Waals surface area contributed by atoms with Crippen LogP contribution in [0.4, 0.5) is 5.69 Å². The van der Waals surface area contributed by atoms with E-state index >= 15 is 0 Å². The number of nitrogens with one attached hydrogen (secondary N) is 4. The molecule has 0 saturated carbocycles. The van der Waals surface area contributed by atoms with Crippen LogP contribution in [0.3, 0.4) is 0 Å². The normalized spacial score (nSPS) is 24.7. The zero-order valence-corrected chi connectivity index (χ0v) is 17.2. The van der Waals surface area contributed by atoms with Crippen molar-refractivity contribution >= 4 is 39.8 Å². The van der Waals surface area contributed by atoms with Crippen LogP contribution < -0.4 is 16.0 Å². The first-order valence-corrected chi connectivity index (χ1v) is 10.5. The third-order valence-corrected chi connectivity index (χ3v) is 6.22. The van der Waals surface area contributed by atoms with E-state index in [-0.39, 0.29) is 11.9 Å². The second-order valence-electron chi connectivity index (χ2n) is 7.96. The van der Waals surface area contributed by atoms with Crippen LogP contribution >= 0.6 is 12.2 Å². The summed E-state index contributed by atoms with van der Waals surface area (Å²) in [6, 6.07) is 6.30. The Balaban J connectivity index is 1.48. The molecule has 3 fully saturated rings. The highest BCUT2D eigenvalue weighted by atomic mass is 32.1. The Hall–Kier alpha value is -2.19. The molecule has 4 heterocycles. The second-order valence-corrected chi connectivity index (χ2v) is 8.37. The van der Waals surface area contributed by atoms with Crippen molar-refractivity contribution < 1.29 is 4.79 Å². The van der Waals surface area contributed by atoms with Gasteiger partial charge < -0.3 is 20.9 Å². The Kier molecular flexibility index (Phi) is 5.50. The van der Waals surface area contributed by atoms with Gasteiger partial charge in [-0.2, -0.15) is 5.10 Å². The van der Waals surface area contributed by atoms with Gasteiger partial charge in [0.2, 0.25) is 0 Å². The van der Waals surface area contributed by atoms with E-state index in [9.17, 15) is 4.79 Å². The molecule has 1 amide bonds. The number of hydrogen-bond donors (Lipinski definition) is 4. The average molecular weight is 401 g/mol. The molecule has 4 N–H and O–H groups in total. The van der Waals surface area contributed by atoms with Gasteiger partial charge in [0.25, 0.3) is 5.91 Å². The maximum atomic E-state index is 12.9. The highest BCUT2D eigenvalue weighted by Gasteiger charge is 2.35. The zero-order chi connectivity index (χ0) is 19.7. The number of nitrogens with zero attached hydrogens (tertiary/aromatic N) is 2. The van der Waals surface area contributed by atoms with Crippen molar-refractivity contribution in [1.82, 2.24) is 25.7 Å². The standard InChI is InChI=1S/C20H28N6OS/c1-3-12(2)21-20(28)22-14-4-5-16-15(10-14)18(25-24-16)19(27)23-17-11-26-8-6-13(17)7-9-26/h4-5,10,12-13,17H,3,6-9,11H2,1-2H3,(H,23,27)(H,24,25)(H2,21,22,28)/t12?,17-/m0/s1. The Bertz CT molecular complexity index is 873. The van der Waals surface area contributed by atoms with Crippen molar-refractivity contribution in [2.75, 3.05) is 25.0 Å². The van der Waals surface area contributed by atoms with Crippen LogP contribution in [0, 0.1) is 5.92 Å². The molecule has 1 aromatic carbocycles. The van der Waals surface area contributed by atoms with Gasteiger partial charge in [-0.3, -0.25) is 9.89 Å². The molecule has 3 aliphatic heterocycles. The molecule has 8 heteroatoms. The summed E-state index contributed by atoms with van der Waals surface area (Å²) in [5.41, 5.74) is 2.12. The predicted molar refractivity (Wildman–Crippen MR) is 116 cm³/mol. The van der Waals surface area contributed by atoms with Crippen LogP contribution in [0.15, 0.2) is 18.2 Å². The van der Waals surface area contributed by atoms with Gasteiger partial charge in [0.1, 0.15) is 0 Å². The summed E-state index contributed by atoms with van der Waals surface area (Å²) in [4.78, 5) is 15.3. The predicted octanol–water partition coefficient (Wildman–Crippen LogP) is 2.47. The van der Waals surface area contributed by atoms with E-state index < -0.39 is 0 Å². The minimum Gasteiger partial charge on any atom is -0.360 e. The molecule has 3 aliphatic rings. The number of amides is 1. The molecule has 0 aliphatic carbocycles. The SMILES string of the molecule is CCC(C)NC(=S)Nc1ccc2[nH]nc(C(=O)N[C@H]3CN4CCC3CC4)c2c1. The van der Waals surface area contributed by atoms with Gasteiger partial charge in [-0.15, -0.1) is 0 Å². The van der Waals surface area contributed by atoms with E-state index in [4.69, 9.17) is 12.2 Å². The van der Waals surface area contributed by atoms with Crippen LogP contribution in [-0.2, 0) is 0 Å². The molecule has 3 saturated heterocycles. The maximum absolute atomic E-state index is 12.9. The van der Waals surface area contributed by atoms with Crippen molar-refractivity contribution in [3.05, 3.63) is 23.9 Å². The summed E-state index contributed by atoms with van der Waals surface area (Å²) in [5, 5.41) is 18.3. The van der Waals surface area contributed by atoms with E-state index in [1.54, 1.807) is 0 Å². The summed E-state index contributed by atoms with van der Waals surface area (Å²) >= 11 is 5.37. The topological polar surface area (TPSA) is 85.1 Å². The Morgan fingerprint density at radius 2 is 2.18 bits per heavy atom. The van der Waals surface area contributed by atoms with Crippen molar-refractivity contribution in [1.29, 1.82) is 0 Å². The monoisotopic (exact) mass is 400 g/mol. The number of carbonyl (C=O) groups excluding carboxylic acids is 1. The molecular formula is C20H28N6OS. The van der Waals surface area contributed by atoms with Gasteiger partial charge in [-0.25, -0.2) is 0 Å². The van der Waals surface area contributed by atoms with Crippen LogP contribution in [0.25, 0.3) is 10.9 Å². The minimum atomic E-state index is -0.109. The van der Waals surface area contributed by atoms with Crippen LogP contribution in [0.1, 0.15) is 43.6 Å². The van der Waals surface area contributed by atoms with Gasteiger partial charge in [0.05, 0.1) is 5.52 Å². The van der Waals surface area contributed by atoms with E-state index in [0.29, 0.717) is 22.8 Å². The van der Waals surface area contributed by atoms with Gasteiger partial charge >= 0.3 is 0 Å². The maximum Gasteiger partial charge on any atom is 0.272 e. The molecular weight excluding hydrogens is 372 g/mol. The Morgan fingerprint density at radius 3 is 2.86 bits per heavy atom. The summed E-state index contributed by atoms with van der Waals surface area (Å²) in [6.07, 6.45) is 3.33. The molecule has 7 nitrogen and oxygen atoms in total. The molecule has 28 heavy (non-hydrogen) atoms. The smallest absolute Gasteiger partial charge is 0.272 e. The Morgan fingerprint density at radius 1 is 1.39 bits per heavy atom. The number of fused-ring (bicyclic) bond motifs is 4. The highest BCUT2D eigenvalue weighted by Crippen LogP contribution is 2.28. The Labute approximate surface area is 170 Å². The molecule has 0 radical (unpaired) electrons. The van der Waals surface area contributed by atoms with Crippen molar-refractivity contribution in [2.45, 2.75) is 45.2 Å². The van der Waals surface area contributed by atoms with E-state index in [0.717, 1.165) is 42.6 Å². The lowest BCUT2D eigenvalue weighted by atomic mass is 9.84. The highest BCUT2D eigenvalue weighted by molar-refractivity contribution is 7.80. The van der Waals surface area contributed by atoms with Crippen molar-refractivity contribution in [3.63, 3.8) is 0 Å². The minimum absolute atomic E-state index is 0.109. The van der Waals surface area contributed by atoms with Gasteiger partial charge in [-0.05, 0) is 75.6 Å². The molecule has 2 aromatic rings. The number of anilines is 1. The first-order chi connectivity index (χ1) is 13.5. The number of piperidine rings is 3. The largest absolute Gasteiger partial charge is 0.360 e. The number of rotatable bonds is 5. The summed E-state index contributed by atoms with van der Waals surface area (Å²) in [7, 11) is 0. The number of carbonyl (C=O) groups is 1. The van der Waals surface area contributed by atoms with E-state index in [1.165, 1.54) is 12.8 Å². The fourth-order valence-corrected chi connectivity index (χ4v) is 4.44. The van der Waals surface area contributed by atoms with Gasteiger partial charge in [-0.1, -0.05) is 6.92 Å². The lowest BCUT2D eigenvalue weighted by molar-refractivity contribution is 0.0618. The molecule has 0 spiro atoms. The molecule has 150 valence electrons. The van der Waals surface area contributed by atoms with Crippen molar-refractivity contribution in [2.24, 2.45) is 5.92 Å².